The van der Waals surface area contributed by atoms with Gasteiger partial charge in [-0.1, -0.05) is 30.9 Å². The molecule has 0 radical (unpaired) electrons. The maximum Gasteiger partial charge on any atom is 0.166 e. The van der Waals surface area contributed by atoms with E-state index in [4.69, 9.17) is 17.3 Å². The number of hydrogen-bond acceptors (Lipinski definition) is 2. The number of halogens is 2. The minimum atomic E-state index is -0.447. The van der Waals surface area contributed by atoms with Crippen molar-refractivity contribution in [3.63, 3.8) is 0 Å². The Labute approximate surface area is 111 Å². The highest BCUT2D eigenvalue weighted by atomic mass is 35.5. The SMILES string of the molecule is NC1(CC(=O)c2cc(F)ccc2Cl)CCCCC1. The van der Waals surface area contributed by atoms with Gasteiger partial charge >= 0.3 is 0 Å². The fraction of sp³-hybridized carbons (Fsp3) is 0.500. The van der Waals surface area contributed by atoms with E-state index >= 15 is 0 Å². The molecule has 1 saturated carbocycles. The van der Waals surface area contributed by atoms with Crippen molar-refractivity contribution in [1.82, 2.24) is 0 Å². The second-order valence-electron chi connectivity index (χ2n) is 5.15. The minimum absolute atomic E-state index is 0.163. The molecule has 2 N–H and O–H groups in total. The molecule has 98 valence electrons. The minimum Gasteiger partial charge on any atom is -0.325 e. The molecule has 1 aliphatic rings. The van der Waals surface area contributed by atoms with Crippen LogP contribution >= 0.6 is 11.6 Å². The molecule has 1 aliphatic carbocycles. The molecule has 0 aromatic heterocycles. The van der Waals surface area contributed by atoms with E-state index in [1.165, 1.54) is 24.6 Å². The number of ketones is 1. The first kappa shape index (κ1) is 13.5. The van der Waals surface area contributed by atoms with Crippen molar-refractivity contribution in [1.29, 1.82) is 0 Å². The molecule has 4 heteroatoms. The number of carbonyl (C=O) groups excluding carboxylic acids is 1. The molecule has 0 heterocycles. The molecular weight excluding hydrogens is 253 g/mol. The molecular formula is C14H17ClFNO. The van der Waals surface area contributed by atoms with Crippen molar-refractivity contribution in [2.45, 2.75) is 44.1 Å². The highest BCUT2D eigenvalue weighted by molar-refractivity contribution is 6.34. The average Bonchev–Trinajstić information content (AvgIpc) is 2.32. The van der Waals surface area contributed by atoms with Crippen LogP contribution in [0.4, 0.5) is 4.39 Å². The zero-order chi connectivity index (χ0) is 13.2. The zero-order valence-corrected chi connectivity index (χ0v) is 11.0. The number of carbonyl (C=O) groups is 1. The van der Waals surface area contributed by atoms with E-state index < -0.39 is 11.4 Å². The molecule has 0 spiro atoms. The summed E-state index contributed by atoms with van der Waals surface area (Å²) in [7, 11) is 0. The number of hydrogen-bond donors (Lipinski definition) is 1. The van der Waals surface area contributed by atoms with E-state index in [-0.39, 0.29) is 17.8 Å². The van der Waals surface area contributed by atoms with Gasteiger partial charge in [-0.2, -0.15) is 0 Å². The van der Waals surface area contributed by atoms with Crippen molar-refractivity contribution in [2.75, 3.05) is 0 Å². The van der Waals surface area contributed by atoms with Gasteiger partial charge in [-0.05, 0) is 31.0 Å². The van der Waals surface area contributed by atoms with Crippen LogP contribution in [0.5, 0.6) is 0 Å². The average molecular weight is 270 g/mol. The Bertz CT molecular complexity index is 455. The molecule has 0 amide bonds. The Morgan fingerprint density at radius 1 is 1.33 bits per heavy atom. The predicted octanol–water partition coefficient (Wildman–Crippen LogP) is 3.71. The van der Waals surface area contributed by atoms with Crippen molar-refractivity contribution >= 4 is 17.4 Å². The Hall–Kier alpha value is -0.930. The highest BCUT2D eigenvalue weighted by Crippen LogP contribution is 2.31. The summed E-state index contributed by atoms with van der Waals surface area (Å²) in [5.41, 5.74) is 6.03. The summed E-state index contributed by atoms with van der Waals surface area (Å²) in [6.45, 7) is 0. The smallest absolute Gasteiger partial charge is 0.166 e. The number of Topliss-reactive ketones (excluding diaryl/α,β-unsaturated/α-hetero) is 1. The van der Waals surface area contributed by atoms with Crippen molar-refractivity contribution in [2.24, 2.45) is 5.73 Å². The third-order valence-electron chi connectivity index (χ3n) is 3.59. The molecule has 0 unspecified atom stereocenters. The summed E-state index contributed by atoms with van der Waals surface area (Å²) in [5.74, 6) is -0.610. The van der Waals surface area contributed by atoms with Gasteiger partial charge in [0.05, 0.1) is 5.02 Å². The van der Waals surface area contributed by atoms with E-state index in [9.17, 15) is 9.18 Å². The second-order valence-corrected chi connectivity index (χ2v) is 5.55. The van der Waals surface area contributed by atoms with Gasteiger partial charge in [0.25, 0.3) is 0 Å². The van der Waals surface area contributed by atoms with E-state index in [0.29, 0.717) is 5.02 Å². The van der Waals surface area contributed by atoms with Gasteiger partial charge in [0.2, 0.25) is 0 Å². The quantitative estimate of drug-likeness (QED) is 0.850. The summed E-state index contributed by atoms with van der Waals surface area (Å²) < 4.78 is 13.1. The summed E-state index contributed by atoms with van der Waals surface area (Å²) in [5, 5.41) is 0.292. The van der Waals surface area contributed by atoms with E-state index in [1.54, 1.807) is 0 Å². The van der Waals surface area contributed by atoms with E-state index in [0.717, 1.165) is 25.7 Å². The summed E-state index contributed by atoms with van der Waals surface area (Å²) >= 11 is 5.93. The molecule has 0 aliphatic heterocycles. The van der Waals surface area contributed by atoms with Crippen LogP contribution in [0.15, 0.2) is 18.2 Å². The third kappa shape index (κ3) is 3.09. The van der Waals surface area contributed by atoms with Crippen LogP contribution in [0.2, 0.25) is 5.02 Å². The Balaban J connectivity index is 2.14. The van der Waals surface area contributed by atoms with E-state index in [1.807, 2.05) is 0 Å². The Morgan fingerprint density at radius 3 is 2.67 bits per heavy atom. The standard InChI is InChI=1S/C14H17ClFNO/c15-12-5-4-10(16)8-11(12)13(18)9-14(17)6-2-1-3-7-14/h4-5,8H,1-3,6-7,9,17H2. The van der Waals surface area contributed by atoms with Gasteiger partial charge in [0.15, 0.2) is 5.78 Å². The van der Waals surface area contributed by atoms with Gasteiger partial charge in [0, 0.05) is 17.5 Å². The first-order valence-electron chi connectivity index (χ1n) is 6.27. The summed E-state index contributed by atoms with van der Waals surface area (Å²) in [4.78, 5) is 12.2. The van der Waals surface area contributed by atoms with Gasteiger partial charge < -0.3 is 5.73 Å². The first-order chi connectivity index (χ1) is 8.50. The van der Waals surface area contributed by atoms with Crippen LogP contribution < -0.4 is 5.73 Å². The number of benzene rings is 1. The summed E-state index contributed by atoms with van der Waals surface area (Å²) in [6.07, 6.45) is 5.24. The van der Waals surface area contributed by atoms with Gasteiger partial charge in [-0.25, -0.2) is 4.39 Å². The van der Waals surface area contributed by atoms with Crippen LogP contribution in [0.1, 0.15) is 48.9 Å². The van der Waals surface area contributed by atoms with Crippen molar-refractivity contribution in [3.8, 4) is 0 Å². The number of rotatable bonds is 3. The topological polar surface area (TPSA) is 43.1 Å². The van der Waals surface area contributed by atoms with Crippen molar-refractivity contribution < 1.29 is 9.18 Å². The Kier molecular flexibility index (Phi) is 4.03. The van der Waals surface area contributed by atoms with Crippen LogP contribution in [0.3, 0.4) is 0 Å². The lowest BCUT2D eigenvalue weighted by molar-refractivity contribution is 0.0934. The molecule has 2 rings (SSSR count). The zero-order valence-electron chi connectivity index (χ0n) is 10.2. The fourth-order valence-corrected chi connectivity index (χ4v) is 2.78. The molecule has 0 saturated heterocycles. The lowest BCUT2D eigenvalue weighted by atomic mass is 9.78. The van der Waals surface area contributed by atoms with Gasteiger partial charge in [0.1, 0.15) is 5.82 Å². The fourth-order valence-electron chi connectivity index (χ4n) is 2.56. The maximum absolute atomic E-state index is 13.1. The molecule has 1 aromatic carbocycles. The third-order valence-corrected chi connectivity index (χ3v) is 3.92. The number of nitrogens with two attached hydrogens (primary N) is 1. The molecule has 0 bridgehead atoms. The summed E-state index contributed by atoms with van der Waals surface area (Å²) in [6, 6.07) is 3.85. The van der Waals surface area contributed by atoms with Gasteiger partial charge in [-0.15, -0.1) is 0 Å². The van der Waals surface area contributed by atoms with Crippen LogP contribution in [-0.4, -0.2) is 11.3 Å². The molecule has 1 fully saturated rings. The van der Waals surface area contributed by atoms with Crippen molar-refractivity contribution in [3.05, 3.63) is 34.6 Å². The highest BCUT2D eigenvalue weighted by Gasteiger charge is 2.30. The predicted molar refractivity (Wildman–Crippen MR) is 70.4 cm³/mol. The largest absolute Gasteiger partial charge is 0.325 e. The van der Waals surface area contributed by atoms with E-state index in [2.05, 4.69) is 0 Å². The second kappa shape index (κ2) is 5.37. The van der Waals surface area contributed by atoms with Crippen LogP contribution in [0, 0.1) is 5.82 Å². The first-order valence-corrected chi connectivity index (χ1v) is 6.65. The molecule has 2 nitrogen and oxygen atoms in total. The normalized spacial score (nSPS) is 18.6. The maximum atomic E-state index is 13.1. The molecule has 0 atom stereocenters. The lowest BCUT2D eigenvalue weighted by Crippen LogP contribution is -2.43. The van der Waals surface area contributed by atoms with Crippen LogP contribution in [0.25, 0.3) is 0 Å². The lowest BCUT2D eigenvalue weighted by Gasteiger charge is -2.32. The molecule has 18 heavy (non-hydrogen) atoms. The van der Waals surface area contributed by atoms with Gasteiger partial charge in [-0.3, -0.25) is 4.79 Å². The monoisotopic (exact) mass is 269 g/mol. The molecule has 1 aromatic rings. The Morgan fingerprint density at radius 2 is 2.00 bits per heavy atom. The van der Waals surface area contributed by atoms with Crippen LogP contribution in [-0.2, 0) is 0 Å².